The summed E-state index contributed by atoms with van der Waals surface area (Å²) in [6.45, 7) is 6.58. The lowest BCUT2D eigenvalue weighted by molar-refractivity contribution is -0.157. The van der Waals surface area contributed by atoms with E-state index in [4.69, 9.17) is 14.5 Å². The number of piperidine rings is 1. The third-order valence-electron chi connectivity index (χ3n) is 10.5. The van der Waals surface area contributed by atoms with Gasteiger partial charge in [-0.05, 0) is 64.0 Å². The van der Waals surface area contributed by atoms with Crippen LogP contribution >= 0.6 is 0 Å². The van der Waals surface area contributed by atoms with Gasteiger partial charge in [-0.3, -0.25) is 19.3 Å². The predicted octanol–water partition coefficient (Wildman–Crippen LogP) is 4.96. The van der Waals surface area contributed by atoms with Crippen molar-refractivity contribution >= 4 is 28.8 Å². The average Bonchev–Trinajstić information content (AvgIpc) is 3.57. The summed E-state index contributed by atoms with van der Waals surface area (Å²) in [4.78, 5) is 48.7. The molecule has 3 fully saturated rings. The predicted molar refractivity (Wildman–Crippen MR) is 178 cm³/mol. The van der Waals surface area contributed by atoms with Gasteiger partial charge in [-0.25, -0.2) is 4.98 Å². The maximum atomic E-state index is 13.9. The number of aromatic nitrogens is 2. The van der Waals surface area contributed by atoms with Crippen molar-refractivity contribution < 1.29 is 19.1 Å². The van der Waals surface area contributed by atoms with E-state index in [9.17, 15) is 14.4 Å². The molecule has 2 saturated heterocycles. The number of carbonyl (C=O) groups is 2. The number of hydrogen-bond acceptors (Lipinski definition) is 9. The minimum Gasteiger partial charge on any atom is -0.466 e. The monoisotopic (exact) mass is 633 g/mol. The summed E-state index contributed by atoms with van der Waals surface area (Å²) in [5, 5.41) is 3.30. The Morgan fingerprint density at radius 1 is 0.935 bits per heavy atom. The van der Waals surface area contributed by atoms with Crippen LogP contribution in [-0.2, 0) is 25.6 Å². The van der Waals surface area contributed by atoms with Crippen LogP contribution in [0.4, 0.5) is 5.82 Å². The maximum absolute atomic E-state index is 13.9. The fourth-order valence-electron chi connectivity index (χ4n) is 8.40. The number of fused-ring (bicyclic) bond motifs is 3. The van der Waals surface area contributed by atoms with Gasteiger partial charge >= 0.3 is 11.9 Å². The van der Waals surface area contributed by atoms with Crippen LogP contribution in [0.5, 0.6) is 0 Å². The number of esters is 2. The second-order valence-electron chi connectivity index (χ2n) is 13.6. The lowest BCUT2D eigenvalue weighted by Gasteiger charge is -2.44. The van der Waals surface area contributed by atoms with E-state index >= 15 is 0 Å². The summed E-state index contributed by atoms with van der Waals surface area (Å²) < 4.78 is 12.4. The minimum atomic E-state index is -0.557. The lowest BCUT2D eigenvalue weighted by atomic mass is 9.87. The molecule has 46 heavy (non-hydrogen) atoms. The number of anilines is 1. The highest BCUT2D eigenvalue weighted by molar-refractivity contribution is 5.83. The van der Waals surface area contributed by atoms with Crippen molar-refractivity contribution in [1.29, 1.82) is 0 Å². The van der Waals surface area contributed by atoms with Crippen molar-refractivity contribution in [2.75, 3.05) is 44.7 Å². The number of rotatable bonds is 11. The molecule has 0 spiro atoms. The Bertz CT molecular complexity index is 1440. The van der Waals surface area contributed by atoms with E-state index in [1.54, 1.807) is 13.8 Å². The minimum absolute atomic E-state index is 0.0994. The van der Waals surface area contributed by atoms with Crippen LogP contribution in [0.1, 0.15) is 78.1 Å². The molecule has 1 aliphatic carbocycles. The average molecular weight is 634 g/mol. The third-order valence-corrected chi connectivity index (χ3v) is 10.5. The lowest BCUT2D eigenvalue weighted by Crippen LogP contribution is -2.45. The van der Waals surface area contributed by atoms with Crippen molar-refractivity contribution in [2.24, 2.45) is 17.8 Å². The molecule has 0 radical (unpaired) electrons. The quantitative estimate of drug-likeness (QED) is 0.344. The first-order chi connectivity index (χ1) is 22.5. The fourth-order valence-corrected chi connectivity index (χ4v) is 8.40. The molecule has 6 rings (SSSR count). The van der Waals surface area contributed by atoms with Crippen LogP contribution in [0, 0.1) is 17.8 Å². The number of hydrogen-bond donors (Lipinski definition) is 1. The molecule has 1 saturated carbocycles. The smallest absolute Gasteiger partial charge is 0.311 e. The summed E-state index contributed by atoms with van der Waals surface area (Å²) >= 11 is 0. The molecule has 10 nitrogen and oxygen atoms in total. The Labute approximate surface area is 272 Å². The summed E-state index contributed by atoms with van der Waals surface area (Å²) in [5.41, 5.74) is 3.07. The Balaban J connectivity index is 1.12. The summed E-state index contributed by atoms with van der Waals surface area (Å²) in [5.74, 6) is -1.09. The number of ether oxygens (including phenoxy) is 2. The van der Waals surface area contributed by atoms with Gasteiger partial charge in [0, 0.05) is 50.5 Å². The zero-order valence-electron chi connectivity index (χ0n) is 27.6. The summed E-state index contributed by atoms with van der Waals surface area (Å²) in [6.07, 6.45) is 15.2. The van der Waals surface area contributed by atoms with Gasteiger partial charge in [0.2, 0.25) is 0 Å². The number of nitrogens with one attached hydrogen (secondary N) is 1. The molecule has 2 aromatic rings. The van der Waals surface area contributed by atoms with Crippen LogP contribution < -0.4 is 10.9 Å². The molecular weight excluding hydrogens is 582 g/mol. The van der Waals surface area contributed by atoms with Crippen molar-refractivity contribution in [3.63, 3.8) is 0 Å². The van der Waals surface area contributed by atoms with Crippen molar-refractivity contribution in [1.82, 2.24) is 19.4 Å². The standard InChI is InChI=1S/C36H51N5O5/c1-3-45-35(43)29-23-39(24-30(29)36(44)46-4-2)19-18-37-33-34(42)40(32-15-11-10-14-31(32)38-33)22-25-20-27-16-17-28(21-25)41(27)26-12-8-6-5-7-9-13-26/h10-11,14-16,25-26,28-30H,3-9,12-13,17-24H2,1-2H3,(H,37,38)/t25-,28-,29-,30-/m1/s1. The van der Waals surface area contributed by atoms with Crippen LogP contribution in [0.2, 0.25) is 0 Å². The van der Waals surface area contributed by atoms with E-state index in [1.807, 2.05) is 28.8 Å². The van der Waals surface area contributed by atoms with Gasteiger partial charge in [0.25, 0.3) is 5.56 Å². The van der Waals surface area contributed by atoms with Gasteiger partial charge in [-0.15, -0.1) is 0 Å². The number of para-hydroxylation sites is 2. The van der Waals surface area contributed by atoms with E-state index in [0.29, 0.717) is 56.5 Å². The largest absolute Gasteiger partial charge is 0.466 e. The molecule has 4 heterocycles. The molecule has 1 N–H and O–H groups in total. The number of allylic oxidation sites excluding steroid dienone is 1. The van der Waals surface area contributed by atoms with Gasteiger partial charge in [0.05, 0.1) is 36.1 Å². The van der Waals surface area contributed by atoms with Gasteiger partial charge in [-0.2, -0.15) is 0 Å². The third kappa shape index (κ3) is 7.11. The van der Waals surface area contributed by atoms with E-state index < -0.39 is 11.8 Å². The normalized spacial score (nSPS) is 25.6. The molecule has 1 aromatic heterocycles. The van der Waals surface area contributed by atoms with Crippen LogP contribution in [0.3, 0.4) is 0 Å². The molecule has 250 valence electrons. The summed E-state index contributed by atoms with van der Waals surface area (Å²) in [7, 11) is 0. The van der Waals surface area contributed by atoms with E-state index in [-0.39, 0.29) is 30.7 Å². The van der Waals surface area contributed by atoms with Crippen molar-refractivity contribution in [3.05, 3.63) is 46.4 Å². The zero-order valence-corrected chi connectivity index (χ0v) is 27.6. The SMILES string of the molecule is CCOC(=O)[C@@H]1CN(CCNc2nc3ccccc3n(C[C@@H]3CC4=CC[C@H](C3)N4C3CCCCCCC3)c2=O)C[C@H]1C(=O)OCC. The van der Waals surface area contributed by atoms with Crippen molar-refractivity contribution in [2.45, 2.75) is 96.7 Å². The molecule has 0 unspecified atom stereocenters. The highest BCUT2D eigenvalue weighted by atomic mass is 16.5. The number of likely N-dealkylation sites (tertiary alicyclic amines) is 1. The van der Waals surface area contributed by atoms with Crippen LogP contribution in [0.25, 0.3) is 11.0 Å². The molecule has 1 aromatic carbocycles. The number of nitrogens with zero attached hydrogens (tertiary/aromatic N) is 4. The molecule has 4 aliphatic rings. The van der Waals surface area contributed by atoms with Crippen molar-refractivity contribution in [3.8, 4) is 0 Å². The molecular formula is C36H51N5O5. The highest BCUT2D eigenvalue weighted by Gasteiger charge is 2.43. The Hall–Kier alpha value is -3.40. The zero-order chi connectivity index (χ0) is 32.0. The second-order valence-corrected chi connectivity index (χ2v) is 13.6. The first kappa shape index (κ1) is 32.5. The maximum Gasteiger partial charge on any atom is 0.311 e. The highest BCUT2D eigenvalue weighted by Crippen LogP contribution is 2.42. The Morgan fingerprint density at radius 3 is 2.28 bits per heavy atom. The molecule has 0 amide bonds. The van der Waals surface area contributed by atoms with Crippen LogP contribution in [-0.4, -0.2) is 82.8 Å². The van der Waals surface area contributed by atoms with Gasteiger partial charge in [0.1, 0.15) is 0 Å². The molecule has 2 bridgehead atoms. The van der Waals surface area contributed by atoms with E-state index in [2.05, 4.69) is 21.2 Å². The fraction of sp³-hybridized carbons (Fsp3) is 0.667. The molecule has 10 heteroatoms. The van der Waals surface area contributed by atoms with E-state index in [0.717, 1.165) is 30.3 Å². The summed E-state index contributed by atoms with van der Waals surface area (Å²) in [6, 6.07) is 9.13. The first-order valence-electron chi connectivity index (χ1n) is 17.7. The Kier molecular flexibility index (Phi) is 10.6. The Morgan fingerprint density at radius 2 is 1.61 bits per heavy atom. The second kappa shape index (κ2) is 15.0. The van der Waals surface area contributed by atoms with Gasteiger partial charge < -0.3 is 24.3 Å². The number of carbonyl (C=O) groups excluding carboxylic acids is 2. The van der Waals surface area contributed by atoms with E-state index in [1.165, 1.54) is 50.6 Å². The van der Waals surface area contributed by atoms with Gasteiger partial charge in [-0.1, -0.05) is 50.3 Å². The molecule has 3 aliphatic heterocycles. The number of benzene rings is 1. The topological polar surface area (TPSA) is 106 Å². The molecule has 4 atom stereocenters. The van der Waals surface area contributed by atoms with Gasteiger partial charge in [0.15, 0.2) is 5.82 Å². The van der Waals surface area contributed by atoms with Crippen LogP contribution in [0.15, 0.2) is 40.8 Å². The first-order valence-corrected chi connectivity index (χ1v) is 17.7.